The standard InChI is InChI=1S/C7H16O.C6H10O.2CH4/c1-5-8-7(4)6(2)3;1-4-5-7-6(2)3;;/h6-7H,5H2,1-4H3;1,6H,5H2,2-3H3;2*1H4. The van der Waals surface area contributed by atoms with Gasteiger partial charge in [0.2, 0.25) is 0 Å². The fraction of sp³-hybridized carbons (Fsp3) is 0.867. The lowest BCUT2D eigenvalue weighted by Gasteiger charge is -2.14. The Bertz CT molecular complexity index is 157. The molecule has 0 aliphatic rings. The number of hydrogen-bond acceptors (Lipinski definition) is 2. The molecule has 17 heavy (non-hydrogen) atoms. The summed E-state index contributed by atoms with van der Waals surface area (Å²) in [5.41, 5.74) is 0. The predicted molar refractivity (Wildman–Crippen MR) is 79.3 cm³/mol. The van der Waals surface area contributed by atoms with Gasteiger partial charge in [-0.15, -0.1) is 6.42 Å². The number of rotatable bonds is 5. The van der Waals surface area contributed by atoms with E-state index in [1.165, 1.54) is 0 Å². The maximum absolute atomic E-state index is 5.30. The number of ether oxygens (including phenoxy) is 2. The molecule has 0 saturated carbocycles. The zero-order chi connectivity index (χ0) is 12.3. The summed E-state index contributed by atoms with van der Waals surface area (Å²) in [4.78, 5) is 0. The maximum atomic E-state index is 5.30. The molecule has 1 unspecified atom stereocenters. The molecule has 0 fully saturated rings. The van der Waals surface area contributed by atoms with Gasteiger partial charge in [-0.3, -0.25) is 0 Å². The van der Waals surface area contributed by atoms with Crippen molar-refractivity contribution >= 4 is 0 Å². The van der Waals surface area contributed by atoms with Crippen LogP contribution in [-0.4, -0.2) is 25.4 Å². The summed E-state index contributed by atoms with van der Waals surface area (Å²) in [6, 6.07) is 0. The minimum atomic E-state index is 0. The fourth-order valence-corrected chi connectivity index (χ4v) is 0.670. The molecule has 0 spiro atoms. The minimum absolute atomic E-state index is 0. The largest absolute Gasteiger partial charge is 0.379 e. The first kappa shape index (κ1) is 25.4. The molecule has 2 heteroatoms. The SMILES string of the molecule is C.C.C#CCOC(C)C.CCOC(C)C(C)C. The van der Waals surface area contributed by atoms with Crippen LogP contribution in [0.15, 0.2) is 0 Å². The average Bonchev–Trinajstić information content (AvgIpc) is 2.16. The Labute approximate surface area is 110 Å². The van der Waals surface area contributed by atoms with E-state index >= 15 is 0 Å². The highest BCUT2D eigenvalue weighted by Gasteiger charge is 2.03. The summed E-state index contributed by atoms with van der Waals surface area (Å²) in [6.45, 7) is 13.6. The molecule has 0 bridgehead atoms. The Hall–Kier alpha value is -0.520. The number of terminal acetylenes is 1. The molecule has 106 valence electrons. The molecule has 0 radical (unpaired) electrons. The second kappa shape index (κ2) is 17.9. The summed E-state index contributed by atoms with van der Waals surface area (Å²) in [7, 11) is 0. The minimum Gasteiger partial charge on any atom is -0.379 e. The van der Waals surface area contributed by atoms with Gasteiger partial charge in [0.05, 0.1) is 12.2 Å². The van der Waals surface area contributed by atoms with Crippen molar-refractivity contribution in [1.29, 1.82) is 0 Å². The molecule has 0 amide bonds. The van der Waals surface area contributed by atoms with E-state index in [0.29, 0.717) is 18.6 Å². The van der Waals surface area contributed by atoms with E-state index in [1.54, 1.807) is 0 Å². The van der Waals surface area contributed by atoms with Gasteiger partial charge in [-0.2, -0.15) is 0 Å². The third-order valence-corrected chi connectivity index (χ3v) is 1.87. The Morgan fingerprint density at radius 2 is 1.47 bits per heavy atom. The van der Waals surface area contributed by atoms with Crippen LogP contribution in [0, 0.1) is 18.3 Å². The highest BCUT2D eigenvalue weighted by atomic mass is 16.5. The van der Waals surface area contributed by atoms with Gasteiger partial charge in [0, 0.05) is 6.61 Å². The van der Waals surface area contributed by atoms with Crippen molar-refractivity contribution in [2.75, 3.05) is 13.2 Å². The zero-order valence-electron chi connectivity index (χ0n) is 11.0. The van der Waals surface area contributed by atoms with Crippen molar-refractivity contribution in [2.45, 2.75) is 68.6 Å². The fourth-order valence-electron chi connectivity index (χ4n) is 0.670. The molecule has 0 saturated heterocycles. The van der Waals surface area contributed by atoms with E-state index in [0.717, 1.165) is 6.61 Å². The van der Waals surface area contributed by atoms with E-state index in [4.69, 9.17) is 15.9 Å². The third kappa shape index (κ3) is 25.6. The van der Waals surface area contributed by atoms with Gasteiger partial charge in [0.1, 0.15) is 6.61 Å². The Morgan fingerprint density at radius 3 is 1.59 bits per heavy atom. The molecule has 0 aromatic carbocycles. The zero-order valence-corrected chi connectivity index (χ0v) is 11.0. The van der Waals surface area contributed by atoms with Crippen LogP contribution in [0.2, 0.25) is 0 Å². The van der Waals surface area contributed by atoms with E-state index < -0.39 is 0 Å². The Balaban J connectivity index is -0.0000000896. The number of hydrogen-bond donors (Lipinski definition) is 0. The molecule has 0 aromatic rings. The summed E-state index contributed by atoms with van der Waals surface area (Å²) in [6.07, 6.45) is 5.58. The van der Waals surface area contributed by atoms with Crippen LogP contribution in [0.3, 0.4) is 0 Å². The van der Waals surface area contributed by atoms with E-state index in [9.17, 15) is 0 Å². The van der Waals surface area contributed by atoms with Crippen LogP contribution < -0.4 is 0 Å². The van der Waals surface area contributed by atoms with Crippen molar-refractivity contribution < 1.29 is 9.47 Å². The summed E-state index contributed by atoms with van der Waals surface area (Å²) in [5.74, 6) is 3.02. The van der Waals surface area contributed by atoms with Gasteiger partial charge in [-0.05, 0) is 33.6 Å². The van der Waals surface area contributed by atoms with Gasteiger partial charge in [0.25, 0.3) is 0 Å². The van der Waals surface area contributed by atoms with Crippen LogP contribution in [0.1, 0.15) is 56.4 Å². The van der Waals surface area contributed by atoms with E-state index in [2.05, 4.69) is 26.7 Å². The van der Waals surface area contributed by atoms with Gasteiger partial charge < -0.3 is 9.47 Å². The average molecular weight is 246 g/mol. The summed E-state index contributed by atoms with van der Waals surface area (Å²) in [5, 5.41) is 0. The highest BCUT2D eigenvalue weighted by Crippen LogP contribution is 2.03. The van der Waals surface area contributed by atoms with Crippen molar-refractivity contribution in [2.24, 2.45) is 5.92 Å². The molecule has 0 rings (SSSR count). The monoisotopic (exact) mass is 246 g/mol. The molecule has 0 N–H and O–H groups in total. The molecule has 0 aliphatic carbocycles. The molecule has 0 aromatic heterocycles. The first-order valence-electron chi connectivity index (χ1n) is 5.62. The quantitative estimate of drug-likeness (QED) is 0.670. The first-order chi connectivity index (χ1) is 6.95. The van der Waals surface area contributed by atoms with E-state index in [1.807, 2.05) is 20.8 Å². The predicted octanol–water partition coefficient (Wildman–Crippen LogP) is 4.38. The van der Waals surface area contributed by atoms with E-state index in [-0.39, 0.29) is 21.0 Å². The second-order valence-electron chi connectivity index (χ2n) is 3.97. The van der Waals surface area contributed by atoms with Gasteiger partial charge in [0.15, 0.2) is 0 Å². The van der Waals surface area contributed by atoms with Crippen molar-refractivity contribution in [3.63, 3.8) is 0 Å². The molecule has 1 atom stereocenters. The lowest BCUT2D eigenvalue weighted by atomic mass is 10.1. The first-order valence-corrected chi connectivity index (χ1v) is 5.62. The van der Waals surface area contributed by atoms with Gasteiger partial charge >= 0.3 is 0 Å². The molecular formula is C15H34O2. The van der Waals surface area contributed by atoms with Crippen LogP contribution >= 0.6 is 0 Å². The Morgan fingerprint density at radius 1 is 1.00 bits per heavy atom. The van der Waals surface area contributed by atoms with Gasteiger partial charge in [-0.1, -0.05) is 34.6 Å². The van der Waals surface area contributed by atoms with Crippen LogP contribution in [0.5, 0.6) is 0 Å². The third-order valence-electron chi connectivity index (χ3n) is 1.87. The summed E-state index contributed by atoms with van der Waals surface area (Å²) >= 11 is 0. The summed E-state index contributed by atoms with van der Waals surface area (Å²) < 4.78 is 10.3. The second-order valence-corrected chi connectivity index (χ2v) is 3.97. The van der Waals surface area contributed by atoms with Crippen molar-refractivity contribution in [3.8, 4) is 12.3 Å². The van der Waals surface area contributed by atoms with Crippen LogP contribution in [-0.2, 0) is 9.47 Å². The van der Waals surface area contributed by atoms with Gasteiger partial charge in [-0.25, -0.2) is 0 Å². The topological polar surface area (TPSA) is 18.5 Å². The lowest BCUT2D eigenvalue weighted by molar-refractivity contribution is 0.0443. The Kier molecular flexibility index (Phi) is 26.6. The van der Waals surface area contributed by atoms with Crippen LogP contribution in [0.4, 0.5) is 0 Å². The molecule has 2 nitrogen and oxygen atoms in total. The molecular weight excluding hydrogens is 212 g/mol. The van der Waals surface area contributed by atoms with Crippen molar-refractivity contribution in [1.82, 2.24) is 0 Å². The smallest absolute Gasteiger partial charge is 0.107 e. The molecule has 0 heterocycles. The van der Waals surface area contributed by atoms with Crippen molar-refractivity contribution in [3.05, 3.63) is 0 Å². The normalized spacial score (nSPS) is 10.5. The van der Waals surface area contributed by atoms with Crippen LogP contribution in [0.25, 0.3) is 0 Å². The maximum Gasteiger partial charge on any atom is 0.107 e. The molecule has 0 aliphatic heterocycles. The highest BCUT2D eigenvalue weighted by molar-refractivity contribution is 4.82. The lowest BCUT2D eigenvalue weighted by Crippen LogP contribution is -2.14.